The van der Waals surface area contributed by atoms with Crippen LogP contribution >= 0.6 is 11.8 Å². The minimum absolute atomic E-state index is 0.0809. The highest BCUT2D eigenvalue weighted by Gasteiger charge is 2.08. The summed E-state index contributed by atoms with van der Waals surface area (Å²) in [4.78, 5) is 8.99. The average molecular weight is 314 g/mol. The molecule has 0 radical (unpaired) electrons. The number of aliphatic imine (C=N–C) groups is 2. The van der Waals surface area contributed by atoms with E-state index in [1.165, 1.54) is 11.8 Å². The Balaban J connectivity index is 2.45. The number of hydrogen-bond acceptors (Lipinski definition) is 6. The van der Waals surface area contributed by atoms with Crippen LogP contribution in [0.5, 0.6) is 5.75 Å². The van der Waals surface area contributed by atoms with Crippen LogP contribution < -0.4 is 16.2 Å². The molecule has 0 amide bonds. The number of thioether (sulfide) groups is 1. The molecule has 0 bridgehead atoms. The normalized spacial score (nSPS) is 10.3. The van der Waals surface area contributed by atoms with Crippen molar-refractivity contribution >= 4 is 36.6 Å². The third-order valence-electron chi connectivity index (χ3n) is 3.07. The van der Waals surface area contributed by atoms with Crippen LogP contribution in [0.2, 0.25) is 0 Å². The van der Waals surface area contributed by atoms with Crippen molar-refractivity contribution in [3.63, 3.8) is 0 Å². The summed E-state index contributed by atoms with van der Waals surface area (Å²) in [5.74, 6) is 1.10. The lowest BCUT2D eigenvalue weighted by molar-refractivity contribution is 0.331. The van der Waals surface area contributed by atoms with Gasteiger partial charge in [0.1, 0.15) is 18.2 Å². The number of nitrogens with two attached hydrogens (primary N) is 2. The van der Waals surface area contributed by atoms with Gasteiger partial charge in [0, 0.05) is 10.8 Å². The molecule has 114 valence electrons. The van der Waals surface area contributed by atoms with E-state index in [1.54, 1.807) is 0 Å². The number of benzene rings is 2. The van der Waals surface area contributed by atoms with Crippen LogP contribution in [-0.2, 0) is 0 Å². The van der Waals surface area contributed by atoms with E-state index in [4.69, 9.17) is 16.2 Å². The second-order valence-corrected chi connectivity index (χ2v) is 5.37. The first-order chi connectivity index (χ1) is 10.7. The van der Waals surface area contributed by atoms with Crippen LogP contribution in [0.3, 0.4) is 0 Å². The van der Waals surface area contributed by atoms with E-state index in [1.807, 2.05) is 36.4 Å². The molecular weight excluding hydrogens is 296 g/mol. The molecule has 0 saturated heterocycles. The van der Waals surface area contributed by atoms with Crippen molar-refractivity contribution in [2.45, 2.75) is 4.90 Å². The summed E-state index contributed by atoms with van der Waals surface area (Å²) < 4.78 is 5.40. The Kier molecular flexibility index (Phi) is 5.71. The maximum absolute atomic E-state index is 5.57. The van der Waals surface area contributed by atoms with Gasteiger partial charge in [-0.3, -0.25) is 15.7 Å². The molecule has 0 saturated carbocycles. The molecule has 2 aromatic carbocycles. The highest BCUT2D eigenvalue weighted by molar-refractivity contribution is 7.99. The standard InChI is InChI=1S/C16H18N4OS/c1-19-13-5-3-12(8-15(13)21-9-17)11-4-6-16(22-10-18)14(7-11)20-2/h3-8H,1-2,9-10,17-18H2. The number of rotatable bonds is 7. The monoisotopic (exact) mass is 314 g/mol. The van der Waals surface area contributed by atoms with E-state index in [9.17, 15) is 0 Å². The summed E-state index contributed by atoms with van der Waals surface area (Å²) in [5.41, 5.74) is 14.5. The van der Waals surface area contributed by atoms with Gasteiger partial charge in [-0.05, 0) is 48.8 Å². The first-order valence-corrected chi connectivity index (χ1v) is 7.59. The lowest BCUT2D eigenvalue weighted by Crippen LogP contribution is -2.07. The molecule has 0 atom stereocenters. The van der Waals surface area contributed by atoms with Gasteiger partial charge in [0.25, 0.3) is 0 Å². The minimum atomic E-state index is 0.0809. The first kappa shape index (κ1) is 16.2. The lowest BCUT2D eigenvalue weighted by Gasteiger charge is -2.11. The molecule has 0 unspecified atom stereocenters. The van der Waals surface area contributed by atoms with Crippen LogP contribution in [0.25, 0.3) is 11.1 Å². The highest BCUT2D eigenvalue weighted by Crippen LogP contribution is 2.36. The molecule has 0 aromatic heterocycles. The van der Waals surface area contributed by atoms with Gasteiger partial charge in [0.05, 0.1) is 5.69 Å². The Bertz CT molecular complexity index is 688. The highest BCUT2D eigenvalue weighted by atomic mass is 32.2. The zero-order valence-electron chi connectivity index (χ0n) is 12.2. The summed E-state index contributed by atoms with van der Waals surface area (Å²) in [6.45, 7) is 7.22. The Labute approximate surface area is 134 Å². The molecule has 2 rings (SSSR count). The van der Waals surface area contributed by atoms with Crippen LogP contribution in [0.15, 0.2) is 51.3 Å². The summed E-state index contributed by atoms with van der Waals surface area (Å²) in [5, 5.41) is 0. The molecule has 0 aliphatic rings. The lowest BCUT2D eigenvalue weighted by atomic mass is 10.0. The SMILES string of the molecule is C=Nc1ccc(-c2ccc(SCN)c(N=C)c2)cc1OCN. The first-order valence-electron chi connectivity index (χ1n) is 6.61. The Morgan fingerprint density at radius 1 is 0.955 bits per heavy atom. The zero-order valence-corrected chi connectivity index (χ0v) is 13.0. The predicted octanol–water partition coefficient (Wildman–Crippen LogP) is 3.32. The van der Waals surface area contributed by atoms with Crippen LogP contribution in [-0.4, -0.2) is 26.0 Å². The van der Waals surface area contributed by atoms with Gasteiger partial charge in [-0.15, -0.1) is 11.8 Å². The largest absolute Gasteiger partial charge is 0.476 e. The van der Waals surface area contributed by atoms with Gasteiger partial charge in [-0.2, -0.15) is 0 Å². The summed E-state index contributed by atoms with van der Waals surface area (Å²) >= 11 is 1.53. The molecule has 5 nitrogen and oxygen atoms in total. The molecule has 4 N–H and O–H groups in total. The van der Waals surface area contributed by atoms with E-state index in [-0.39, 0.29) is 6.73 Å². The maximum Gasteiger partial charge on any atom is 0.147 e. The maximum atomic E-state index is 5.57. The van der Waals surface area contributed by atoms with Gasteiger partial charge in [-0.25, -0.2) is 0 Å². The second kappa shape index (κ2) is 7.74. The topological polar surface area (TPSA) is 86.0 Å². The Hall–Kier alpha value is -2.15. The fraction of sp³-hybridized carbons (Fsp3) is 0.125. The molecular formula is C16H18N4OS. The molecule has 6 heteroatoms. The molecule has 2 aromatic rings. The van der Waals surface area contributed by atoms with E-state index in [0.29, 0.717) is 17.3 Å². The van der Waals surface area contributed by atoms with Gasteiger partial charge in [0.15, 0.2) is 0 Å². The van der Waals surface area contributed by atoms with Crippen molar-refractivity contribution < 1.29 is 4.74 Å². The summed E-state index contributed by atoms with van der Waals surface area (Å²) in [7, 11) is 0. The van der Waals surface area contributed by atoms with E-state index in [2.05, 4.69) is 23.4 Å². The van der Waals surface area contributed by atoms with Crippen molar-refractivity contribution in [1.82, 2.24) is 0 Å². The van der Waals surface area contributed by atoms with Crippen molar-refractivity contribution in [3.05, 3.63) is 36.4 Å². The van der Waals surface area contributed by atoms with Crippen LogP contribution in [0, 0.1) is 0 Å². The summed E-state index contributed by atoms with van der Waals surface area (Å²) in [6.07, 6.45) is 0. The van der Waals surface area contributed by atoms with Gasteiger partial charge < -0.3 is 10.5 Å². The van der Waals surface area contributed by atoms with Crippen molar-refractivity contribution in [2.75, 3.05) is 12.6 Å². The number of hydrogen-bond donors (Lipinski definition) is 2. The molecule has 0 aliphatic heterocycles. The average Bonchev–Trinajstić information content (AvgIpc) is 2.55. The molecule has 0 spiro atoms. The number of ether oxygens (including phenoxy) is 1. The zero-order chi connectivity index (χ0) is 15.9. The van der Waals surface area contributed by atoms with E-state index in [0.717, 1.165) is 21.7 Å². The Morgan fingerprint density at radius 3 is 2.27 bits per heavy atom. The van der Waals surface area contributed by atoms with E-state index < -0.39 is 0 Å². The van der Waals surface area contributed by atoms with Crippen molar-refractivity contribution in [2.24, 2.45) is 21.5 Å². The predicted molar refractivity (Wildman–Crippen MR) is 94.9 cm³/mol. The summed E-state index contributed by atoms with van der Waals surface area (Å²) in [6, 6.07) is 11.6. The van der Waals surface area contributed by atoms with Crippen LogP contribution in [0.1, 0.15) is 0 Å². The molecule has 22 heavy (non-hydrogen) atoms. The smallest absolute Gasteiger partial charge is 0.147 e. The Morgan fingerprint density at radius 2 is 1.64 bits per heavy atom. The second-order valence-electron chi connectivity index (χ2n) is 4.30. The number of nitrogens with zero attached hydrogens (tertiary/aromatic N) is 2. The van der Waals surface area contributed by atoms with Crippen LogP contribution in [0.4, 0.5) is 11.4 Å². The molecule has 0 heterocycles. The third-order valence-corrected chi connectivity index (χ3v) is 3.89. The van der Waals surface area contributed by atoms with Gasteiger partial charge in [-0.1, -0.05) is 12.1 Å². The minimum Gasteiger partial charge on any atom is -0.476 e. The molecule has 0 fully saturated rings. The fourth-order valence-corrected chi connectivity index (χ4v) is 2.68. The van der Waals surface area contributed by atoms with Gasteiger partial charge >= 0.3 is 0 Å². The quantitative estimate of drug-likeness (QED) is 0.466. The third kappa shape index (κ3) is 3.54. The van der Waals surface area contributed by atoms with E-state index >= 15 is 0 Å². The fourth-order valence-electron chi connectivity index (χ4n) is 2.06. The van der Waals surface area contributed by atoms with Crippen molar-refractivity contribution in [1.29, 1.82) is 0 Å². The van der Waals surface area contributed by atoms with Gasteiger partial charge in [0.2, 0.25) is 0 Å². The van der Waals surface area contributed by atoms with Crippen molar-refractivity contribution in [3.8, 4) is 16.9 Å². The molecule has 0 aliphatic carbocycles.